The molecule has 1 heterocycles. The van der Waals surface area contributed by atoms with Crippen LogP contribution < -0.4 is 5.32 Å². The lowest BCUT2D eigenvalue weighted by Crippen LogP contribution is -2.22. The SMILES string of the molecule is Cc1nc(C(C)C)c(CNC(C)C)s1. The standard InChI is InChI=1S/C11H20N2S/c1-7(2)11-10(6-12-8(3)4)14-9(5)13-11/h7-8,12H,6H2,1-5H3. The Morgan fingerprint density at radius 1 is 1.29 bits per heavy atom. The summed E-state index contributed by atoms with van der Waals surface area (Å²) in [6.07, 6.45) is 0. The van der Waals surface area contributed by atoms with Crippen molar-refractivity contribution in [3.8, 4) is 0 Å². The van der Waals surface area contributed by atoms with Crippen molar-refractivity contribution in [3.63, 3.8) is 0 Å². The molecule has 0 saturated heterocycles. The Morgan fingerprint density at radius 2 is 1.93 bits per heavy atom. The third kappa shape index (κ3) is 3.07. The lowest BCUT2D eigenvalue weighted by Gasteiger charge is -2.09. The van der Waals surface area contributed by atoms with E-state index in [1.165, 1.54) is 15.6 Å². The quantitative estimate of drug-likeness (QED) is 0.829. The van der Waals surface area contributed by atoms with Crippen LogP contribution in [0.4, 0.5) is 0 Å². The molecule has 0 unspecified atom stereocenters. The zero-order chi connectivity index (χ0) is 10.7. The largest absolute Gasteiger partial charge is 0.310 e. The summed E-state index contributed by atoms with van der Waals surface area (Å²) in [6, 6.07) is 0.539. The van der Waals surface area contributed by atoms with Crippen molar-refractivity contribution >= 4 is 11.3 Å². The van der Waals surface area contributed by atoms with Crippen molar-refractivity contribution in [3.05, 3.63) is 15.6 Å². The van der Waals surface area contributed by atoms with Crippen molar-refractivity contribution in [1.82, 2.24) is 10.3 Å². The van der Waals surface area contributed by atoms with E-state index in [2.05, 4.69) is 44.9 Å². The van der Waals surface area contributed by atoms with Crippen LogP contribution >= 0.6 is 11.3 Å². The van der Waals surface area contributed by atoms with Gasteiger partial charge in [0, 0.05) is 17.5 Å². The van der Waals surface area contributed by atoms with Crippen LogP contribution in [0.1, 0.15) is 49.2 Å². The predicted molar refractivity (Wildman–Crippen MR) is 62.9 cm³/mol. The van der Waals surface area contributed by atoms with E-state index in [0.29, 0.717) is 12.0 Å². The van der Waals surface area contributed by atoms with Crippen LogP contribution in [0.25, 0.3) is 0 Å². The maximum Gasteiger partial charge on any atom is 0.0900 e. The Kier molecular flexibility index (Phi) is 4.08. The molecule has 0 aliphatic rings. The first-order valence-electron chi connectivity index (χ1n) is 5.20. The fraction of sp³-hybridized carbons (Fsp3) is 0.727. The third-order valence-corrected chi connectivity index (χ3v) is 3.04. The second kappa shape index (κ2) is 4.89. The average molecular weight is 212 g/mol. The number of nitrogens with zero attached hydrogens (tertiary/aromatic N) is 1. The van der Waals surface area contributed by atoms with Gasteiger partial charge in [0.25, 0.3) is 0 Å². The Morgan fingerprint density at radius 3 is 2.43 bits per heavy atom. The fourth-order valence-corrected chi connectivity index (χ4v) is 2.40. The minimum absolute atomic E-state index is 0.531. The number of hydrogen-bond acceptors (Lipinski definition) is 3. The maximum absolute atomic E-state index is 4.57. The van der Waals surface area contributed by atoms with Crippen LogP contribution in [0.3, 0.4) is 0 Å². The topological polar surface area (TPSA) is 24.9 Å². The molecule has 14 heavy (non-hydrogen) atoms. The zero-order valence-corrected chi connectivity index (χ0v) is 10.5. The minimum Gasteiger partial charge on any atom is -0.310 e. The summed E-state index contributed by atoms with van der Waals surface area (Å²) in [6.45, 7) is 11.8. The van der Waals surface area contributed by atoms with Crippen LogP contribution in [0.2, 0.25) is 0 Å². The van der Waals surface area contributed by atoms with E-state index in [1.54, 1.807) is 0 Å². The predicted octanol–water partition coefficient (Wildman–Crippen LogP) is 3.07. The number of aryl methyl sites for hydroxylation is 1. The third-order valence-electron chi connectivity index (χ3n) is 2.05. The average Bonchev–Trinajstić information content (AvgIpc) is 2.43. The van der Waals surface area contributed by atoms with E-state index >= 15 is 0 Å². The van der Waals surface area contributed by atoms with E-state index in [-0.39, 0.29) is 0 Å². The highest BCUT2D eigenvalue weighted by Crippen LogP contribution is 2.24. The molecule has 0 saturated carbocycles. The second-order valence-corrected chi connectivity index (χ2v) is 5.52. The number of rotatable bonds is 4. The van der Waals surface area contributed by atoms with Crippen molar-refractivity contribution in [2.45, 2.75) is 53.1 Å². The Hall–Kier alpha value is -0.410. The molecule has 1 aromatic heterocycles. The molecule has 0 radical (unpaired) electrons. The molecule has 0 aliphatic carbocycles. The molecule has 0 atom stereocenters. The van der Waals surface area contributed by atoms with Crippen LogP contribution in [-0.4, -0.2) is 11.0 Å². The van der Waals surface area contributed by atoms with Crippen LogP contribution in [0.15, 0.2) is 0 Å². The molecule has 0 amide bonds. The summed E-state index contributed by atoms with van der Waals surface area (Å²) in [7, 11) is 0. The van der Waals surface area contributed by atoms with Gasteiger partial charge in [-0.3, -0.25) is 0 Å². The summed E-state index contributed by atoms with van der Waals surface area (Å²) in [5.74, 6) is 0.531. The van der Waals surface area contributed by atoms with Gasteiger partial charge in [-0.25, -0.2) is 4.98 Å². The van der Waals surface area contributed by atoms with E-state index in [0.717, 1.165) is 6.54 Å². The van der Waals surface area contributed by atoms with Gasteiger partial charge in [-0.05, 0) is 12.8 Å². The van der Waals surface area contributed by atoms with Crippen molar-refractivity contribution in [1.29, 1.82) is 0 Å². The molecule has 1 N–H and O–H groups in total. The highest BCUT2D eigenvalue weighted by Gasteiger charge is 2.11. The van der Waals surface area contributed by atoms with E-state index in [9.17, 15) is 0 Å². The van der Waals surface area contributed by atoms with Gasteiger partial charge >= 0.3 is 0 Å². The van der Waals surface area contributed by atoms with Gasteiger partial charge in [0.05, 0.1) is 10.7 Å². The first kappa shape index (κ1) is 11.7. The molecule has 0 spiro atoms. The van der Waals surface area contributed by atoms with Gasteiger partial charge < -0.3 is 5.32 Å². The summed E-state index contributed by atoms with van der Waals surface area (Å²) in [4.78, 5) is 5.96. The van der Waals surface area contributed by atoms with Gasteiger partial charge in [-0.15, -0.1) is 11.3 Å². The van der Waals surface area contributed by atoms with Crippen molar-refractivity contribution in [2.75, 3.05) is 0 Å². The van der Waals surface area contributed by atoms with Crippen molar-refractivity contribution in [2.24, 2.45) is 0 Å². The number of aromatic nitrogens is 1. The summed E-state index contributed by atoms with van der Waals surface area (Å²) in [5, 5.41) is 4.62. The first-order valence-corrected chi connectivity index (χ1v) is 6.02. The molecule has 0 fully saturated rings. The Bertz CT molecular complexity index is 289. The van der Waals surface area contributed by atoms with Crippen LogP contribution in [-0.2, 0) is 6.54 Å². The van der Waals surface area contributed by atoms with Gasteiger partial charge in [-0.1, -0.05) is 27.7 Å². The normalized spacial score (nSPS) is 11.6. The lowest BCUT2D eigenvalue weighted by atomic mass is 10.1. The molecule has 1 aromatic rings. The number of hydrogen-bond donors (Lipinski definition) is 1. The van der Waals surface area contributed by atoms with Crippen LogP contribution in [0, 0.1) is 6.92 Å². The second-order valence-electron chi connectivity index (χ2n) is 4.23. The molecule has 0 bridgehead atoms. The minimum atomic E-state index is 0.531. The highest BCUT2D eigenvalue weighted by molar-refractivity contribution is 7.11. The number of nitrogens with one attached hydrogen (secondary N) is 1. The summed E-state index contributed by atoms with van der Waals surface area (Å²) in [5.41, 5.74) is 1.26. The summed E-state index contributed by atoms with van der Waals surface area (Å²) >= 11 is 1.81. The van der Waals surface area contributed by atoms with Crippen LogP contribution in [0.5, 0.6) is 0 Å². The molecule has 2 nitrogen and oxygen atoms in total. The van der Waals surface area contributed by atoms with Gasteiger partial charge in [0.2, 0.25) is 0 Å². The molecule has 0 aromatic carbocycles. The van der Waals surface area contributed by atoms with Gasteiger partial charge in [-0.2, -0.15) is 0 Å². The number of thiazole rings is 1. The smallest absolute Gasteiger partial charge is 0.0900 e. The van der Waals surface area contributed by atoms with Crippen molar-refractivity contribution < 1.29 is 0 Å². The Balaban J connectivity index is 2.74. The lowest BCUT2D eigenvalue weighted by molar-refractivity contribution is 0.588. The monoisotopic (exact) mass is 212 g/mol. The fourth-order valence-electron chi connectivity index (χ4n) is 1.36. The first-order chi connectivity index (χ1) is 6.50. The van der Waals surface area contributed by atoms with Gasteiger partial charge in [0.1, 0.15) is 0 Å². The van der Waals surface area contributed by atoms with E-state index in [1.807, 2.05) is 11.3 Å². The molecule has 1 rings (SSSR count). The molecule has 0 aliphatic heterocycles. The molecular formula is C11H20N2S. The highest BCUT2D eigenvalue weighted by atomic mass is 32.1. The molecule has 80 valence electrons. The molecule has 3 heteroatoms. The Labute approximate surface area is 90.8 Å². The zero-order valence-electron chi connectivity index (χ0n) is 9.72. The maximum atomic E-state index is 4.57. The molecular weight excluding hydrogens is 192 g/mol. The van der Waals surface area contributed by atoms with E-state index in [4.69, 9.17) is 0 Å². The summed E-state index contributed by atoms with van der Waals surface area (Å²) < 4.78 is 0. The van der Waals surface area contributed by atoms with E-state index < -0.39 is 0 Å². The van der Waals surface area contributed by atoms with Gasteiger partial charge in [0.15, 0.2) is 0 Å².